The van der Waals surface area contributed by atoms with Crippen LogP contribution in [0.25, 0.3) is 0 Å². The Balaban J connectivity index is 0. The maximum atomic E-state index is 5.52. The van der Waals surface area contributed by atoms with Crippen LogP contribution in [-0.2, 0) is 0 Å². The zero-order chi connectivity index (χ0) is 7.11. The molecule has 2 heteroatoms. The summed E-state index contributed by atoms with van der Waals surface area (Å²) in [6, 6.07) is 0. The van der Waals surface area contributed by atoms with Crippen LogP contribution in [-0.4, -0.2) is 36.1 Å². The molecule has 0 rings (SSSR count). The summed E-state index contributed by atoms with van der Waals surface area (Å²) in [6.07, 6.45) is 5.21. The standard InChI is InChI=1S/C8H19N.Na.H/c1-3-5-6-8(4-2)7-9;;/h8H,3-7,9H2,1-2H3;;. The second-order valence-corrected chi connectivity index (χ2v) is 2.65. The third kappa shape index (κ3) is 7.07. The average Bonchev–Trinajstić information content (AvgIpc) is 1.91. The van der Waals surface area contributed by atoms with Gasteiger partial charge in [-0.05, 0) is 18.9 Å². The molecular weight excluding hydrogens is 133 g/mol. The summed E-state index contributed by atoms with van der Waals surface area (Å²) in [7, 11) is 0. The van der Waals surface area contributed by atoms with Crippen molar-refractivity contribution in [2.45, 2.75) is 39.5 Å². The fourth-order valence-electron chi connectivity index (χ4n) is 0.981. The van der Waals surface area contributed by atoms with Crippen molar-refractivity contribution < 1.29 is 0 Å². The van der Waals surface area contributed by atoms with E-state index in [4.69, 9.17) is 5.73 Å². The van der Waals surface area contributed by atoms with Gasteiger partial charge in [-0.2, -0.15) is 0 Å². The number of unbranched alkanes of at least 4 members (excludes halogenated alkanes) is 1. The van der Waals surface area contributed by atoms with E-state index in [1.54, 1.807) is 0 Å². The van der Waals surface area contributed by atoms with Gasteiger partial charge in [-0.25, -0.2) is 0 Å². The van der Waals surface area contributed by atoms with E-state index in [1.807, 2.05) is 0 Å². The summed E-state index contributed by atoms with van der Waals surface area (Å²) >= 11 is 0. The van der Waals surface area contributed by atoms with Crippen molar-refractivity contribution in [2.75, 3.05) is 6.54 Å². The van der Waals surface area contributed by atoms with Gasteiger partial charge in [0.2, 0.25) is 0 Å². The molecule has 0 spiro atoms. The molecule has 1 nitrogen and oxygen atoms in total. The van der Waals surface area contributed by atoms with E-state index in [1.165, 1.54) is 25.7 Å². The molecule has 0 saturated carbocycles. The van der Waals surface area contributed by atoms with Crippen LogP contribution in [0.5, 0.6) is 0 Å². The van der Waals surface area contributed by atoms with Gasteiger partial charge < -0.3 is 5.73 Å². The summed E-state index contributed by atoms with van der Waals surface area (Å²) in [4.78, 5) is 0. The molecule has 2 N–H and O–H groups in total. The van der Waals surface area contributed by atoms with Crippen LogP contribution in [0.3, 0.4) is 0 Å². The Morgan fingerprint density at radius 2 is 1.90 bits per heavy atom. The van der Waals surface area contributed by atoms with E-state index in [2.05, 4.69) is 13.8 Å². The molecule has 10 heavy (non-hydrogen) atoms. The summed E-state index contributed by atoms with van der Waals surface area (Å²) < 4.78 is 0. The summed E-state index contributed by atoms with van der Waals surface area (Å²) in [5.74, 6) is 0.782. The van der Waals surface area contributed by atoms with Gasteiger partial charge in [0.25, 0.3) is 0 Å². The van der Waals surface area contributed by atoms with Gasteiger partial charge >= 0.3 is 29.6 Å². The fraction of sp³-hybridized carbons (Fsp3) is 1.00. The van der Waals surface area contributed by atoms with Crippen molar-refractivity contribution in [1.29, 1.82) is 0 Å². The van der Waals surface area contributed by atoms with Crippen molar-refractivity contribution in [3.8, 4) is 0 Å². The molecule has 0 aliphatic rings. The van der Waals surface area contributed by atoms with Crippen LogP contribution in [0.2, 0.25) is 0 Å². The molecule has 0 radical (unpaired) electrons. The summed E-state index contributed by atoms with van der Waals surface area (Å²) in [5.41, 5.74) is 5.52. The summed E-state index contributed by atoms with van der Waals surface area (Å²) in [6.45, 7) is 5.31. The molecule has 1 atom stereocenters. The van der Waals surface area contributed by atoms with Crippen LogP contribution in [0.1, 0.15) is 39.5 Å². The fourth-order valence-corrected chi connectivity index (χ4v) is 0.981. The average molecular weight is 153 g/mol. The minimum atomic E-state index is 0. The van der Waals surface area contributed by atoms with E-state index in [0.717, 1.165) is 12.5 Å². The molecule has 0 aliphatic carbocycles. The SMILES string of the molecule is CCCCC(CC)CN.[NaH]. The Hall–Kier alpha value is 0.960. The first kappa shape index (κ1) is 13.5. The van der Waals surface area contributed by atoms with Crippen molar-refractivity contribution >= 4 is 29.6 Å². The zero-order valence-corrected chi connectivity index (χ0v) is 6.69. The predicted molar refractivity (Wildman–Crippen MR) is 49.5 cm³/mol. The van der Waals surface area contributed by atoms with Gasteiger partial charge in [-0.15, -0.1) is 0 Å². The zero-order valence-electron chi connectivity index (χ0n) is 6.69. The molecule has 0 aliphatic heterocycles. The molecular formula is C8H20NNa. The predicted octanol–water partition coefficient (Wildman–Crippen LogP) is 1.51. The van der Waals surface area contributed by atoms with Crippen LogP contribution in [0.4, 0.5) is 0 Å². The van der Waals surface area contributed by atoms with Crippen LogP contribution in [0.15, 0.2) is 0 Å². The van der Waals surface area contributed by atoms with Crippen molar-refractivity contribution in [3.63, 3.8) is 0 Å². The van der Waals surface area contributed by atoms with Gasteiger partial charge in [0, 0.05) is 0 Å². The number of rotatable bonds is 5. The van der Waals surface area contributed by atoms with Crippen molar-refractivity contribution in [2.24, 2.45) is 11.7 Å². The second kappa shape index (κ2) is 9.96. The molecule has 1 unspecified atom stereocenters. The minimum absolute atomic E-state index is 0. The Morgan fingerprint density at radius 3 is 2.20 bits per heavy atom. The Bertz CT molecular complexity index is 53.2. The molecule has 0 fully saturated rings. The molecule has 0 aromatic carbocycles. The molecule has 0 heterocycles. The number of hydrogen-bond donors (Lipinski definition) is 1. The molecule has 58 valence electrons. The molecule has 0 aromatic heterocycles. The van der Waals surface area contributed by atoms with E-state index in [0.29, 0.717) is 0 Å². The Morgan fingerprint density at radius 1 is 1.30 bits per heavy atom. The van der Waals surface area contributed by atoms with E-state index < -0.39 is 0 Å². The molecule has 0 aromatic rings. The third-order valence-corrected chi connectivity index (χ3v) is 1.88. The quantitative estimate of drug-likeness (QED) is 0.595. The van der Waals surface area contributed by atoms with Crippen molar-refractivity contribution in [3.05, 3.63) is 0 Å². The second-order valence-electron chi connectivity index (χ2n) is 2.65. The van der Waals surface area contributed by atoms with E-state index in [9.17, 15) is 0 Å². The number of nitrogens with two attached hydrogens (primary N) is 1. The molecule has 0 bridgehead atoms. The first-order valence-corrected chi connectivity index (χ1v) is 4.05. The van der Waals surface area contributed by atoms with Gasteiger partial charge in [-0.1, -0.05) is 33.1 Å². The van der Waals surface area contributed by atoms with E-state index >= 15 is 0 Å². The maximum absolute atomic E-state index is 5.52. The first-order chi connectivity index (χ1) is 4.35. The Kier molecular flexibility index (Phi) is 13.5. The van der Waals surface area contributed by atoms with Crippen LogP contribution >= 0.6 is 0 Å². The van der Waals surface area contributed by atoms with Gasteiger partial charge in [-0.3, -0.25) is 0 Å². The Labute approximate surface area is 87.0 Å². The van der Waals surface area contributed by atoms with Crippen LogP contribution in [0, 0.1) is 5.92 Å². The van der Waals surface area contributed by atoms with E-state index in [-0.39, 0.29) is 29.6 Å². The topological polar surface area (TPSA) is 26.0 Å². The van der Waals surface area contributed by atoms with Crippen LogP contribution < -0.4 is 5.73 Å². The first-order valence-electron chi connectivity index (χ1n) is 4.05. The normalized spacial score (nSPS) is 12.3. The van der Waals surface area contributed by atoms with Gasteiger partial charge in [0.1, 0.15) is 0 Å². The third-order valence-electron chi connectivity index (χ3n) is 1.88. The van der Waals surface area contributed by atoms with Gasteiger partial charge in [0.05, 0.1) is 0 Å². The summed E-state index contributed by atoms with van der Waals surface area (Å²) in [5, 5.41) is 0. The molecule has 0 saturated heterocycles. The number of hydrogen-bond acceptors (Lipinski definition) is 1. The molecule has 0 amide bonds. The monoisotopic (exact) mass is 153 g/mol. The van der Waals surface area contributed by atoms with Gasteiger partial charge in [0.15, 0.2) is 0 Å². The van der Waals surface area contributed by atoms with Crippen molar-refractivity contribution in [1.82, 2.24) is 0 Å².